The van der Waals surface area contributed by atoms with Crippen molar-refractivity contribution in [1.82, 2.24) is 39.0 Å². The number of rotatable bonds is 15. The van der Waals surface area contributed by atoms with Gasteiger partial charge in [0, 0.05) is 17.9 Å². The number of fused-ring (bicyclic) bond motifs is 2. The van der Waals surface area contributed by atoms with Crippen molar-refractivity contribution in [3.05, 3.63) is 65.2 Å². The van der Waals surface area contributed by atoms with Crippen molar-refractivity contribution in [3.63, 3.8) is 0 Å². The molecule has 5 aromatic rings. The molecular formula is C34H37FN11O10PS. The molecule has 2 aliphatic rings. The van der Waals surface area contributed by atoms with Crippen molar-refractivity contribution in [3.8, 4) is 6.07 Å². The van der Waals surface area contributed by atoms with Gasteiger partial charge in [-0.3, -0.25) is 33.8 Å². The Morgan fingerprint density at radius 3 is 2.59 bits per heavy atom. The molecule has 7 rings (SSSR count). The number of nitrogens with one attached hydrogen (secondary N) is 3. The summed E-state index contributed by atoms with van der Waals surface area (Å²) in [5.74, 6) is -1.26. The molecule has 0 spiro atoms. The molecule has 0 radical (unpaired) electrons. The fourth-order valence-electron chi connectivity index (χ4n) is 6.21. The Kier molecular flexibility index (Phi) is 12.3. The van der Waals surface area contributed by atoms with Gasteiger partial charge in [-0.1, -0.05) is 32.0 Å². The first-order valence-corrected chi connectivity index (χ1v) is 20.4. The standard InChI is InChI=1S/C34H37FN11O10PS/c1-17(2)30(49)43-34-42-29-25(32(51)44-34)40-16-46(29)33-26(48)23(35)21(55-33)13-53-57(58,52-10-6-9-36)56-19-11-22(54-20(19)12-47)45-15-39-24-27(37-14-38-28(24)45)41-31(50)18-7-4-3-5-8-18/h3-5,7-8,14-17,19-23,26,33,47-48H,6,10-13H2,1-2H3,(H,37,38,41,50)(H2,42,43,44,49,51)/t19-,20-,21-,22-,23-,26-,33-,57?/m1/s1. The molecule has 21 nitrogen and oxygen atoms in total. The molecule has 58 heavy (non-hydrogen) atoms. The molecule has 1 aromatic carbocycles. The number of benzene rings is 1. The minimum atomic E-state index is -3.86. The summed E-state index contributed by atoms with van der Waals surface area (Å²) in [6, 6.07) is 10.5. The van der Waals surface area contributed by atoms with Crippen LogP contribution in [0.15, 0.2) is 54.1 Å². The molecule has 6 heterocycles. The first-order valence-electron chi connectivity index (χ1n) is 17.9. The van der Waals surface area contributed by atoms with Crippen LogP contribution >= 0.6 is 6.72 Å². The first kappa shape index (κ1) is 41.0. The molecule has 5 N–H and O–H groups in total. The zero-order valence-corrected chi connectivity index (χ0v) is 32.5. The average Bonchev–Trinajstić information content (AvgIpc) is 4.00. The van der Waals surface area contributed by atoms with Gasteiger partial charge in [0.15, 0.2) is 40.5 Å². The van der Waals surface area contributed by atoms with Crippen LogP contribution in [0.5, 0.6) is 0 Å². The maximum Gasteiger partial charge on any atom is 0.327 e. The highest BCUT2D eigenvalue weighted by Gasteiger charge is 2.48. The summed E-state index contributed by atoms with van der Waals surface area (Å²) >= 11 is 5.70. The van der Waals surface area contributed by atoms with Crippen LogP contribution in [0.3, 0.4) is 0 Å². The lowest BCUT2D eigenvalue weighted by atomic mass is 10.1. The van der Waals surface area contributed by atoms with Crippen molar-refractivity contribution >= 4 is 64.4 Å². The summed E-state index contributed by atoms with van der Waals surface area (Å²) in [6.07, 6.45) is -5.61. The van der Waals surface area contributed by atoms with Gasteiger partial charge in [-0.25, -0.2) is 24.3 Å². The monoisotopic (exact) mass is 841 g/mol. The second-order valence-corrected chi connectivity index (χ2v) is 16.4. The number of carbonyl (C=O) groups is 2. The maximum absolute atomic E-state index is 15.7. The Labute approximate surface area is 332 Å². The largest absolute Gasteiger partial charge is 0.394 e. The fraction of sp³-hybridized carbons (Fsp3) is 0.441. The minimum absolute atomic E-state index is 0.0711. The Morgan fingerprint density at radius 2 is 1.84 bits per heavy atom. The third kappa shape index (κ3) is 8.51. The van der Waals surface area contributed by atoms with Gasteiger partial charge >= 0.3 is 6.72 Å². The number of aromatic amines is 1. The maximum atomic E-state index is 15.7. The van der Waals surface area contributed by atoms with E-state index in [1.165, 1.54) is 12.7 Å². The highest BCUT2D eigenvalue weighted by atomic mass is 32.5. The van der Waals surface area contributed by atoms with E-state index in [1.54, 1.807) is 48.7 Å². The number of aliphatic hydroxyl groups is 2. The van der Waals surface area contributed by atoms with Crippen LogP contribution in [0.2, 0.25) is 0 Å². The number of amides is 2. The Balaban J connectivity index is 1.06. The third-order valence-electron chi connectivity index (χ3n) is 9.18. The first-order chi connectivity index (χ1) is 27.9. The van der Waals surface area contributed by atoms with Crippen LogP contribution < -0.4 is 16.2 Å². The highest BCUT2D eigenvalue weighted by molar-refractivity contribution is 8.07. The summed E-state index contributed by atoms with van der Waals surface area (Å²) < 4.78 is 48.3. The van der Waals surface area contributed by atoms with Gasteiger partial charge < -0.3 is 38.6 Å². The predicted molar refractivity (Wildman–Crippen MR) is 203 cm³/mol. The van der Waals surface area contributed by atoms with Gasteiger partial charge in [-0.2, -0.15) is 10.2 Å². The van der Waals surface area contributed by atoms with Crippen LogP contribution in [-0.4, -0.2) is 111 Å². The molecule has 4 aromatic heterocycles. The van der Waals surface area contributed by atoms with Crippen LogP contribution in [-0.2, 0) is 39.6 Å². The molecule has 0 aliphatic carbocycles. The van der Waals surface area contributed by atoms with E-state index in [1.807, 2.05) is 6.07 Å². The van der Waals surface area contributed by atoms with E-state index in [-0.39, 0.29) is 47.9 Å². The Morgan fingerprint density at radius 1 is 1.09 bits per heavy atom. The summed E-state index contributed by atoms with van der Waals surface area (Å²) in [6.45, 7) is -1.87. The fourth-order valence-corrected chi connectivity index (χ4v) is 8.34. The lowest BCUT2D eigenvalue weighted by Crippen LogP contribution is -2.31. The summed E-state index contributed by atoms with van der Waals surface area (Å²) in [7, 11) is 0. The number of nitriles is 1. The van der Waals surface area contributed by atoms with Crippen molar-refractivity contribution in [2.45, 2.75) is 69.7 Å². The Bertz CT molecular complexity index is 2450. The quantitative estimate of drug-likeness (QED) is 0.0747. The molecule has 0 saturated carbocycles. The molecule has 24 heteroatoms. The van der Waals surface area contributed by atoms with E-state index in [4.69, 9.17) is 40.1 Å². The molecule has 2 saturated heterocycles. The zero-order valence-electron chi connectivity index (χ0n) is 30.7. The molecular weight excluding hydrogens is 804 g/mol. The van der Waals surface area contributed by atoms with Crippen LogP contribution in [0.1, 0.15) is 49.5 Å². The van der Waals surface area contributed by atoms with Gasteiger partial charge in [-0.15, -0.1) is 0 Å². The number of imidazole rings is 2. The van der Waals surface area contributed by atoms with Crippen LogP contribution in [0, 0.1) is 17.2 Å². The topological polar surface area (TPSA) is 276 Å². The highest BCUT2D eigenvalue weighted by Crippen LogP contribution is 2.54. The number of carbonyl (C=O) groups excluding carboxylic acids is 2. The second kappa shape index (κ2) is 17.4. The second-order valence-electron chi connectivity index (χ2n) is 13.4. The number of halogens is 1. The summed E-state index contributed by atoms with van der Waals surface area (Å²) in [5, 5.41) is 35.6. The van der Waals surface area contributed by atoms with Gasteiger partial charge in [0.2, 0.25) is 11.9 Å². The van der Waals surface area contributed by atoms with Crippen molar-refractivity contribution in [1.29, 1.82) is 5.26 Å². The van der Waals surface area contributed by atoms with Gasteiger partial charge in [0.1, 0.15) is 30.9 Å². The lowest BCUT2D eigenvalue weighted by Gasteiger charge is -2.27. The van der Waals surface area contributed by atoms with Gasteiger partial charge in [0.05, 0.1) is 51.1 Å². The van der Waals surface area contributed by atoms with E-state index >= 15 is 4.39 Å². The number of aliphatic hydroxyl groups excluding tert-OH is 2. The number of hydrogen-bond donors (Lipinski definition) is 5. The lowest BCUT2D eigenvalue weighted by molar-refractivity contribution is -0.118. The van der Waals surface area contributed by atoms with Gasteiger partial charge in [0.25, 0.3) is 11.5 Å². The number of alkyl halides is 1. The SMILES string of the molecule is CC(C)C(=O)Nc1nc2c(ncn2[C@@H]2O[C@H](COP(=S)(OCCC#N)O[C@@H]3C[C@H](n4cnc5c(NC(=O)c6ccccc6)ncnc54)O[C@@H]3CO)[C@@H](F)[C@H]2O)c(=O)[nH]1. The van der Waals surface area contributed by atoms with Crippen molar-refractivity contribution < 1.29 is 47.2 Å². The normalized spacial score (nSPS) is 24.3. The number of anilines is 2. The van der Waals surface area contributed by atoms with Gasteiger partial charge in [-0.05, 0) is 23.9 Å². The number of hydrogen-bond acceptors (Lipinski definition) is 17. The van der Waals surface area contributed by atoms with E-state index in [2.05, 4.69) is 40.5 Å². The van der Waals surface area contributed by atoms with E-state index < -0.39 is 86.3 Å². The van der Waals surface area contributed by atoms with E-state index in [0.29, 0.717) is 11.2 Å². The van der Waals surface area contributed by atoms with Crippen LogP contribution in [0.4, 0.5) is 16.2 Å². The number of H-pyrrole nitrogens is 1. The van der Waals surface area contributed by atoms with Crippen molar-refractivity contribution in [2.75, 3.05) is 30.5 Å². The summed E-state index contributed by atoms with van der Waals surface area (Å²) in [5.41, 5.74) is 0.0667. The number of aromatic nitrogens is 8. The number of ether oxygens (including phenoxy) is 2. The Hall–Kier alpha value is -5.15. The molecule has 2 aliphatic heterocycles. The average molecular weight is 842 g/mol. The molecule has 1 unspecified atom stereocenters. The summed E-state index contributed by atoms with van der Waals surface area (Å²) in [4.78, 5) is 61.4. The van der Waals surface area contributed by atoms with E-state index in [0.717, 1.165) is 10.9 Å². The van der Waals surface area contributed by atoms with Crippen molar-refractivity contribution in [2.24, 2.45) is 5.92 Å². The molecule has 0 bridgehead atoms. The minimum Gasteiger partial charge on any atom is -0.394 e. The number of nitrogens with zero attached hydrogens (tertiary/aromatic N) is 8. The molecule has 2 fully saturated rings. The zero-order chi connectivity index (χ0) is 41.1. The van der Waals surface area contributed by atoms with Crippen LogP contribution in [0.25, 0.3) is 22.3 Å². The molecule has 2 amide bonds. The smallest absolute Gasteiger partial charge is 0.327 e. The predicted octanol–water partition coefficient (Wildman–Crippen LogP) is 2.24. The third-order valence-corrected chi connectivity index (χ3v) is 11.6. The van der Waals surface area contributed by atoms with E-state index in [9.17, 15) is 24.6 Å². The molecule has 8 atom stereocenters. The molecule has 306 valence electrons.